The van der Waals surface area contributed by atoms with Gasteiger partial charge in [-0.2, -0.15) is 0 Å². The average Bonchev–Trinajstić information content (AvgIpc) is 2.36. The van der Waals surface area contributed by atoms with Crippen LogP contribution in [0.2, 0.25) is 0 Å². The summed E-state index contributed by atoms with van der Waals surface area (Å²) in [6, 6.07) is 4.57. The standard InChI is InChI=1S/C13H18ClNO3/c1-9(4-3-7-14)15-13(17)11-8-10(18-2)5-6-12(11)16/h5-6,8-9,16H,3-4,7H2,1-2H3,(H,15,17). The van der Waals surface area contributed by atoms with E-state index in [2.05, 4.69) is 5.32 Å². The van der Waals surface area contributed by atoms with E-state index in [0.717, 1.165) is 12.8 Å². The largest absolute Gasteiger partial charge is 0.507 e. The van der Waals surface area contributed by atoms with Crippen molar-refractivity contribution in [3.63, 3.8) is 0 Å². The van der Waals surface area contributed by atoms with E-state index < -0.39 is 0 Å². The SMILES string of the molecule is COc1ccc(O)c(C(=O)NC(C)CCCCl)c1. The number of aromatic hydroxyl groups is 1. The van der Waals surface area contributed by atoms with Gasteiger partial charge in [-0.3, -0.25) is 4.79 Å². The highest BCUT2D eigenvalue weighted by molar-refractivity contribution is 6.17. The summed E-state index contributed by atoms with van der Waals surface area (Å²) in [5, 5.41) is 12.5. The van der Waals surface area contributed by atoms with Crippen LogP contribution in [-0.4, -0.2) is 30.0 Å². The molecule has 0 bridgehead atoms. The van der Waals surface area contributed by atoms with Gasteiger partial charge in [-0.05, 0) is 38.0 Å². The van der Waals surface area contributed by atoms with Crippen LogP contribution in [0.4, 0.5) is 0 Å². The average molecular weight is 272 g/mol. The minimum absolute atomic E-state index is 0.0156. The lowest BCUT2D eigenvalue weighted by atomic mass is 10.1. The van der Waals surface area contributed by atoms with Gasteiger partial charge in [0.2, 0.25) is 0 Å². The number of alkyl halides is 1. The Bertz CT molecular complexity index is 409. The minimum Gasteiger partial charge on any atom is -0.507 e. The predicted molar refractivity (Wildman–Crippen MR) is 71.5 cm³/mol. The topological polar surface area (TPSA) is 58.6 Å². The third-order valence-corrected chi connectivity index (χ3v) is 2.86. The Morgan fingerprint density at radius 2 is 2.28 bits per heavy atom. The number of hydrogen-bond donors (Lipinski definition) is 2. The van der Waals surface area contributed by atoms with Gasteiger partial charge in [-0.25, -0.2) is 0 Å². The van der Waals surface area contributed by atoms with Crippen molar-refractivity contribution in [1.82, 2.24) is 5.32 Å². The highest BCUT2D eigenvalue weighted by Gasteiger charge is 2.14. The summed E-state index contributed by atoms with van der Waals surface area (Å²) < 4.78 is 5.02. The summed E-state index contributed by atoms with van der Waals surface area (Å²) in [6.45, 7) is 1.90. The van der Waals surface area contributed by atoms with Crippen molar-refractivity contribution in [3.05, 3.63) is 23.8 Å². The number of carbonyl (C=O) groups is 1. The molecule has 5 heteroatoms. The minimum atomic E-state index is -0.312. The molecule has 0 aliphatic heterocycles. The van der Waals surface area contributed by atoms with Crippen LogP contribution in [0.15, 0.2) is 18.2 Å². The molecule has 0 fully saturated rings. The summed E-state index contributed by atoms with van der Waals surface area (Å²) in [7, 11) is 1.51. The Kier molecular flexibility index (Phi) is 5.78. The number of hydrogen-bond acceptors (Lipinski definition) is 3. The van der Waals surface area contributed by atoms with E-state index in [-0.39, 0.29) is 23.3 Å². The van der Waals surface area contributed by atoms with Crippen LogP contribution in [0.1, 0.15) is 30.1 Å². The second kappa shape index (κ2) is 7.11. The molecule has 0 aromatic heterocycles. The van der Waals surface area contributed by atoms with E-state index in [1.807, 2.05) is 6.92 Å². The lowest BCUT2D eigenvalue weighted by molar-refractivity contribution is 0.0935. The Morgan fingerprint density at radius 3 is 2.89 bits per heavy atom. The maximum Gasteiger partial charge on any atom is 0.255 e. The van der Waals surface area contributed by atoms with Gasteiger partial charge >= 0.3 is 0 Å². The zero-order valence-electron chi connectivity index (χ0n) is 10.6. The molecule has 2 N–H and O–H groups in total. The van der Waals surface area contributed by atoms with Crippen LogP contribution >= 0.6 is 11.6 Å². The molecule has 1 rings (SSSR count). The zero-order chi connectivity index (χ0) is 13.5. The number of phenols is 1. The fraction of sp³-hybridized carbons (Fsp3) is 0.462. The molecule has 0 heterocycles. The molecule has 1 aromatic carbocycles. The molecule has 0 radical (unpaired) electrons. The number of methoxy groups -OCH3 is 1. The number of ether oxygens (including phenoxy) is 1. The molecule has 18 heavy (non-hydrogen) atoms. The van der Waals surface area contributed by atoms with E-state index in [1.54, 1.807) is 6.07 Å². The number of carbonyl (C=O) groups excluding carboxylic acids is 1. The van der Waals surface area contributed by atoms with Gasteiger partial charge in [-0.15, -0.1) is 11.6 Å². The third-order valence-electron chi connectivity index (χ3n) is 2.60. The molecule has 100 valence electrons. The number of amides is 1. The lowest BCUT2D eigenvalue weighted by Gasteiger charge is -2.14. The first kappa shape index (κ1) is 14.6. The van der Waals surface area contributed by atoms with Crippen molar-refractivity contribution >= 4 is 17.5 Å². The van der Waals surface area contributed by atoms with Crippen molar-refractivity contribution in [3.8, 4) is 11.5 Å². The van der Waals surface area contributed by atoms with Gasteiger partial charge in [0.15, 0.2) is 0 Å². The smallest absolute Gasteiger partial charge is 0.255 e. The van der Waals surface area contributed by atoms with Gasteiger partial charge in [-0.1, -0.05) is 0 Å². The van der Waals surface area contributed by atoms with Gasteiger partial charge in [0, 0.05) is 11.9 Å². The molecular weight excluding hydrogens is 254 g/mol. The molecule has 0 saturated carbocycles. The first-order valence-electron chi connectivity index (χ1n) is 5.82. The third kappa shape index (κ3) is 4.11. The fourth-order valence-corrected chi connectivity index (χ4v) is 1.74. The Morgan fingerprint density at radius 1 is 1.56 bits per heavy atom. The van der Waals surface area contributed by atoms with Crippen molar-refractivity contribution in [1.29, 1.82) is 0 Å². The van der Waals surface area contributed by atoms with E-state index in [0.29, 0.717) is 11.6 Å². The van der Waals surface area contributed by atoms with Crippen LogP contribution in [0, 0.1) is 0 Å². The van der Waals surface area contributed by atoms with E-state index in [4.69, 9.17) is 16.3 Å². The molecular formula is C13H18ClNO3. The molecule has 1 amide bonds. The molecule has 0 spiro atoms. The highest BCUT2D eigenvalue weighted by atomic mass is 35.5. The van der Waals surface area contributed by atoms with Crippen LogP contribution < -0.4 is 10.1 Å². The van der Waals surface area contributed by atoms with E-state index >= 15 is 0 Å². The van der Waals surface area contributed by atoms with Crippen molar-refractivity contribution in [2.45, 2.75) is 25.8 Å². The summed E-state index contributed by atoms with van der Waals surface area (Å²) in [6.07, 6.45) is 1.65. The highest BCUT2D eigenvalue weighted by Crippen LogP contribution is 2.22. The normalized spacial score (nSPS) is 11.9. The van der Waals surface area contributed by atoms with Crippen LogP contribution in [0.5, 0.6) is 11.5 Å². The summed E-state index contributed by atoms with van der Waals surface area (Å²) in [5.74, 6) is 0.739. The monoisotopic (exact) mass is 271 g/mol. The second-order valence-corrected chi connectivity index (χ2v) is 4.47. The predicted octanol–water partition coefficient (Wildman–Crippen LogP) is 2.54. The van der Waals surface area contributed by atoms with Gasteiger partial charge in [0.05, 0.1) is 12.7 Å². The lowest BCUT2D eigenvalue weighted by Crippen LogP contribution is -2.32. The maximum atomic E-state index is 11.9. The second-order valence-electron chi connectivity index (χ2n) is 4.09. The van der Waals surface area contributed by atoms with Crippen molar-refractivity contribution in [2.75, 3.05) is 13.0 Å². The molecule has 0 saturated heterocycles. The van der Waals surface area contributed by atoms with Crippen molar-refractivity contribution in [2.24, 2.45) is 0 Å². The Balaban J connectivity index is 2.71. The molecule has 1 aromatic rings. The maximum absolute atomic E-state index is 11.9. The number of benzene rings is 1. The number of phenolic OH excluding ortho intramolecular Hbond substituents is 1. The van der Waals surface area contributed by atoms with Crippen LogP contribution in [0.25, 0.3) is 0 Å². The first-order chi connectivity index (χ1) is 8.58. The number of nitrogens with one attached hydrogen (secondary N) is 1. The van der Waals surface area contributed by atoms with Crippen LogP contribution in [-0.2, 0) is 0 Å². The molecule has 1 atom stereocenters. The van der Waals surface area contributed by atoms with Crippen LogP contribution in [0.3, 0.4) is 0 Å². The zero-order valence-corrected chi connectivity index (χ0v) is 11.3. The number of rotatable bonds is 6. The quantitative estimate of drug-likeness (QED) is 0.782. The summed E-state index contributed by atoms with van der Waals surface area (Å²) in [5.41, 5.74) is 0.215. The van der Waals surface area contributed by atoms with Gasteiger partial charge in [0.1, 0.15) is 11.5 Å². The van der Waals surface area contributed by atoms with E-state index in [9.17, 15) is 9.90 Å². The van der Waals surface area contributed by atoms with Gasteiger partial charge < -0.3 is 15.2 Å². The molecule has 0 aliphatic carbocycles. The number of halogens is 1. The fourth-order valence-electron chi connectivity index (χ4n) is 1.58. The molecule has 4 nitrogen and oxygen atoms in total. The Labute approximate surface area is 112 Å². The summed E-state index contributed by atoms with van der Waals surface area (Å²) in [4.78, 5) is 11.9. The van der Waals surface area contributed by atoms with Crippen molar-refractivity contribution < 1.29 is 14.6 Å². The van der Waals surface area contributed by atoms with Gasteiger partial charge in [0.25, 0.3) is 5.91 Å². The summed E-state index contributed by atoms with van der Waals surface area (Å²) >= 11 is 5.59. The first-order valence-corrected chi connectivity index (χ1v) is 6.35. The van der Waals surface area contributed by atoms with E-state index in [1.165, 1.54) is 19.2 Å². The molecule has 0 aliphatic rings. The molecule has 1 unspecified atom stereocenters. The Hall–Kier alpha value is -1.42.